The van der Waals surface area contributed by atoms with Crippen molar-refractivity contribution in [2.45, 2.75) is 31.5 Å². The van der Waals surface area contributed by atoms with Crippen molar-refractivity contribution >= 4 is 11.8 Å². The number of ether oxygens (including phenoxy) is 1. The van der Waals surface area contributed by atoms with Crippen LogP contribution in [0.15, 0.2) is 35.5 Å². The lowest BCUT2D eigenvalue weighted by atomic mass is 10.1. The predicted octanol–water partition coefficient (Wildman–Crippen LogP) is -1.26. The van der Waals surface area contributed by atoms with E-state index in [-0.39, 0.29) is 11.4 Å². The van der Waals surface area contributed by atoms with Crippen molar-refractivity contribution < 1.29 is 29.7 Å². The van der Waals surface area contributed by atoms with Gasteiger partial charge < -0.3 is 24.9 Å². The van der Waals surface area contributed by atoms with Gasteiger partial charge in [-0.25, -0.2) is 9.59 Å². The van der Waals surface area contributed by atoms with Gasteiger partial charge in [-0.3, -0.25) is 9.55 Å². The third-order valence-corrected chi connectivity index (χ3v) is 3.98. The Balaban J connectivity index is 1.68. The van der Waals surface area contributed by atoms with Crippen molar-refractivity contribution in [1.29, 1.82) is 0 Å². The molecule has 3 rings (SSSR count). The number of aromatic nitrogens is 3. The maximum Gasteiger partial charge on any atom is 0.364 e. The molecule has 4 N–H and O–H groups in total. The molecule has 11 nitrogen and oxygen atoms in total. The molecule has 2 aromatic rings. The van der Waals surface area contributed by atoms with Gasteiger partial charge in [0.1, 0.15) is 18.3 Å². The first-order chi connectivity index (χ1) is 12.9. The maximum absolute atomic E-state index is 12.2. The first-order valence-corrected chi connectivity index (χ1v) is 8.01. The molecule has 144 valence electrons. The molecule has 0 spiro atoms. The Kier molecular flexibility index (Phi) is 5.46. The highest BCUT2D eigenvalue weighted by atomic mass is 16.7. The molecular weight excluding hydrogens is 360 g/mol. The molecule has 2 aromatic heterocycles. The first-order valence-electron chi connectivity index (χ1n) is 8.01. The third-order valence-electron chi connectivity index (χ3n) is 3.98. The summed E-state index contributed by atoms with van der Waals surface area (Å²) >= 11 is 0. The second-order valence-corrected chi connectivity index (χ2v) is 5.97. The van der Waals surface area contributed by atoms with Crippen LogP contribution in [0.1, 0.15) is 22.1 Å². The summed E-state index contributed by atoms with van der Waals surface area (Å²) in [6.45, 7) is 1.26. The third kappa shape index (κ3) is 3.95. The van der Waals surface area contributed by atoms with Gasteiger partial charge in [0.25, 0.3) is 0 Å². The maximum atomic E-state index is 12.2. The molecule has 1 aliphatic rings. The van der Waals surface area contributed by atoms with Gasteiger partial charge >= 0.3 is 11.7 Å². The normalized spacial score (nSPS) is 24.6. The number of nitrogens with zero attached hydrogens (tertiary/aromatic N) is 3. The summed E-state index contributed by atoms with van der Waals surface area (Å²) in [6, 6.07) is 2.90. The average Bonchev–Trinajstić information content (AvgIpc) is 2.94. The minimum absolute atomic E-state index is 0.0445. The predicted molar refractivity (Wildman–Crippen MR) is 89.5 cm³/mol. The van der Waals surface area contributed by atoms with E-state index in [1.807, 2.05) is 0 Å². The fourth-order valence-electron chi connectivity index (χ4n) is 2.60. The summed E-state index contributed by atoms with van der Waals surface area (Å²) in [5.74, 6) is -0.752. The Morgan fingerprint density at radius 1 is 1.37 bits per heavy atom. The van der Waals surface area contributed by atoms with E-state index >= 15 is 0 Å². The minimum atomic E-state index is -1.41. The smallest absolute Gasteiger partial charge is 0.364 e. The highest BCUT2D eigenvalue weighted by Crippen LogP contribution is 2.28. The van der Waals surface area contributed by atoms with Crippen LogP contribution in [-0.2, 0) is 9.57 Å². The van der Waals surface area contributed by atoms with Crippen LogP contribution >= 0.6 is 0 Å². The number of carbonyl (C=O) groups is 1. The van der Waals surface area contributed by atoms with E-state index < -0.39 is 42.8 Å². The minimum Gasteiger partial charge on any atom is -0.394 e. The second-order valence-electron chi connectivity index (χ2n) is 5.97. The lowest BCUT2D eigenvalue weighted by molar-refractivity contribution is -0.0549. The number of hydrogen-bond donors (Lipinski definition) is 4. The number of pyridine rings is 1. The van der Waals surface area contributed by atoms with Crippen LogP contribution in [-0.4, -0.2) is 60.7 Å². The zero-order valence-electron chi connectivity index (χ0n) is 14.2. The molecule has 0 amide bonds. The van der Waals surface area contributed by atoms with Crippen LogP contribution in [0.2, 0.25) is 0 Å². The molecule has 0 unspecified atom stereocenters. The monoisotopic (exact) mass is 378 g/mol. The number of aliphatic hydroxyl groups excluding tert-OH is 3. The highest BCUT2D eigenvalue weighted by Gasteiger charge is 2.43. The lowest BCUT2D eigenvalue weighted by Crippen LogP contribution is -2.36. The summed E-state index contributed by atoms with van der Waals surface area (Å²) in [7, 11) is 0. The van der Waals surface area contributed by atoms with E-state index in [2.05, 4.69) is 15.4 Å². The topological polar surface area (TPSA) is 156 Å². The summed E-state index contributed by atoms with van der Waals surface area (Å²) < 4.78 is 6.23. The number of anilines is 1. The fraction of sp³-hybridized carbons (Fsp3) is 0.375. The number of rotatable bonds is 5. The summed E-state index contributed by atoms with van der Waals surface area (Å²) in [6.07, 6.45) is -0.792. The largest absolute Gasteiger partial charge is 0.394 e. The number of hydrogen-bond acceptors (Lipinski definition) is 10. The summed E-state index contributed by atoms with van der Waals surface area (Å²) in [4.78, 5) is 36.5. The van der Waals surface area contributed by atoms with E-state index in [9.17, 15) is 19.8 Å². The van der Waals surface area contributed by atoms with E-state index in [0.717, 1.165) is 10.1 Å². The molecule has 27 heavy (non-hydrogen) atoms. The molecule has 0 saturated carbocycles. The van der Waals surface area contributed by atoms with Crippen LogP contribution in [0.3, 0.4) is 0 Å². The second kappa shape index (κ2) is 7.80. The van der Waals surface area contributed by atoms with Crippen LogP contribution in [0.4, 0.5) is 5.82 Å². The number of aryl methyl sites for hydroxylation is 1. The molecule has 1 aliphatic heterocycles. The van der Waals surface area contributed by atoms with Crippen molar-refractivity contribution in [3.8, 4) is 0 Å². The number of nitrogens with one attached hydrogen (secondary N) is 1. The van der Waals surface area contributed by atoms with Crippen molar-refractivity contribution in [3.63, 3.8) is 0 Å². The zero-order valence-corrected chi connectivity index (χ0v) is 14.2. The van der Waals surface area contributed by atoms with E-state index in [1.54, 1.807) is 19.2 Å². The van der Waals surface area contributed by atoms with Gasteiger partial charge in [-0.2, -0.15) is 10.5 Å². The van der Waals surface area contributed by atoms with Gasteiger partial charge in [0.2, 0.25) is 0 Å². The first kappa shape index (κ1) is 18.9. The SMILES string of the molecule is Cc1cncc(C(=O)ONc2ccn([C@@H]3O[C@H](CO)[C@@H](O)[C@H]3O)c(=O)n2)c1. The Morgan fingerprint density at radius 2 is 2.15 bits per heavy atom. The molecule has 1 saturated heterocycles. The molecule has 4 atom stereocenters. The van der Waals surface area contributed by atoms with Gasteiger partial charge in [0.15, 0.2) is 12.0 Å². The van der Waals surface area contributed by atoms with Crippen molar-refractivity contribution in [3.05, 3.63) is 52.3 Å². The lowest BCUT2D eigenvalue weighted by Gasteiger charge is -2.17. The summed E-state index contributed by atoms with van der Waals surface area (Å²) in [5.41, 5.74) is 2.46. The molecular formula is C16H18N4O7. The van der Waals surface area contributed by atoms with Crippen LogP contribution in [0.5, 0.6) is 0 Å². The van der Waals surface area contributed by atoms with Crippen LogP contribution in [0, 0.1) is 6.92 Å². The van der Waals surface area contributed by atoms with Crippen LogP contribution in [0.25, 0.3) is 0 Å². The Bertz CT molecular complexity index is 887. The van der Waals surface area contributed by atoms with E-state index in [0.29, 0.717) is 0 Å². The molecule has 0 aromatic carbocycles. The summed E-state index contributed by atoms with van der Waals surface area (Å²) in [5, 5.41) is 28.8. The standard InChI is InChI=1S/C16H18N4O7/c1-8-4-9(6-17-5-8)15(24)27-19-11-2-3-20(16(25)18-11)14-13(23)12(22)10(7-21)26-14/h2-6,10,12-14,21-23H,7H2,1H3,(H,18,19,25)/t10-,12-,13-,14-/m1/s1. The Morgan fingerprint density at radius 3 is 2.78 bits per heavy atom. The molecule has 1 fully saturated rings. The molecule has 0 bridgehead atoms. The van der Waals surface area contributed by atoms with Crippen molar-refractivity contribution in [1.82, 2.24) is 14.5 Å². The van der Waals surface area contributed by atoms with Gasteiger partial charge in [-0.15, -0.1) is 0 Å². The Labute approximate surface area is 152 Å². The average molecular weight is 378 g/mol. The molecule has 0 aliphatic carbocycles. The van der Waals surface area contributed by atoms with Crippen LogP contribution < -0.4 is 11.2 Å². The highest BCUT2D eigenvalue weighted by molar-refractivity contribution is 5.89. The molecule has 3 heterocycles. The fourth-order valence-corrected chi connectivity index (χ4v) is 2.60. The van der Waals surface area contributed by atoms with Gasteiger partial charge in [-0.1, -0.05) is 0 Å². The Hall–Kier alpha value is -2.86. The zero-order chi connectivity index (χ0) is 19.6. The van der Waals surface area contributed by atoms with E-state index in [1.165, 1.54) is 18.5 Å². The van der Waals surface area contributed by atoms with Gasteiger partial charge in [0, 0.05) is 24.7 Å². The molecule has 11 heteroatoms. The number of carbonyl (C=O) groups excluding carboxylic acids is 1. The van der Waals surface area contributed by atoms with Gasteiger partial charge in [0.05, 0.1) is 12.2 Å². The van der Waals surface area contributed by atoms with Crippen molar-refractivity contribution in [2.24, 2.45) is 0 Å². The quantitative estimate of drug-likeness (QED) is 0.463. The van der Waals surface area contributed by atoms with Gasteiger partial charge in [-0.05, 0) is 18.6 Å². The molecule has 0 radical (unpaired) electrons. The van der Waals surface area contributed by atoms with E-state index in [4.69, 9.17) is 14.7 Å². The number of aliphatic hydroxyl groups is 3. The van der Waals surface area contributed by atoms with Crippen molar-refractivity contribution in [2.75, 3.05) is 12.1 Å².